The molecule has 0 aliphatic carbocycles. The fourth-order valence-corrected chi connectivity index (χ4v) is 3.72. The maximum atomic E-state index is 12.5. The number of rotatable bonds is 2. The molecule has 0 radical (unpaired) electrons. The zero-order valence-electron chi connectivity index (χ0n) is 12.3. The van der Waals surface area contributed by atoms with Gasteiger partial charge in [0.2, 0.25) is 0 Å². The zero-order valence-corrected chi connectivity index (χ0v) is 12.3. The first-order valence-electron chi connectivity index (χ1n) is 7.79. The number of carbonyl (C=O) groups is 1. The van der Waals surface area contributed by atoms with E-state index in [1.807, 2.05) is 12.1 Å². The highest BCUT2D eigenvalue weighted by Gasteiger charge is 2.34. The third-order valence-electron chi connectivity index (χ3n) is 5.01. The van der Waals surface area contributed by atoms with Gasteiger partial charge in [0.25, 0.3) is 5.91 Å². The number of pyridine rings is 1. The smallest absolute Gasteiger partial charge is 0.251 e. The number of amides is 1. The van der Waals surface area contributed by atoms with Crippen LogP contribution in [-0.2, 0) is 0 Å². The van der Waals surface area contributed by atoms with Gasteiger partial charge < -0.3 is 14.6 Å². The van der Waals surface area contributed by atoms with E-state index in [1.54, 1.807) is 22.7 Å². The number of fused-ring (bicyclic) bond motifs is 4. The Morgan fingerprint density at radius 3 is 2.77 bits per heavy atom. The highest BCUT2D eigenvalue weighted by atomic mass is 16.1. The number of hydrogen-bond donors (Lipinski definition) is 1. The molecule has 5 nitrogen and oxygen atoms in total. The Morgan fingerprint density at radius 1 is 1.27 bits per heavy atom. The average molecular weight is 294 g/mol. The molecule has 2 bridgehead atoms. The molecule has 3 aliphatic heterocycles. The van der Waals surface area contributed by atoms with Crippen molar-refractivity contribution in [2.45, 2.75) is 18.9 Å². The van der Waals surface area contributed by atoms with Crippen LogP contribution in [0.15, 0.2) is 30.5 Å². The molecule has 0 unspecified atom stereocenters. The van der Waals surface area contributed by atoms with Gasteiger partial charge in [0.15, 0.2) is 0 Å². The molecule has 5 heteroatoms. The molecule has 3 fully saturated rings. The van der Waals surface area contributed by atoms with Crippen molar-refractivity contribution >= 4 is 11.4 Å². The van der Waals surface area contributed by atoms with E-state index in [9.17, 15) is 4.79 Å². The Bertz CT molecular complexity index is 765. The monoisotopic (exact) mass is 294 g/mol. The summed E-state index contributed by atoms with van der Waals surface area (Å²) in [4.78, 5) is 14.9. The molecule has 0 aromatic carbocycles. The number of carbonyl (C=O) groups excluding carboxylic acids is 1. The van der Waals surface area contributed by atoms with Gasteiger partial charge in [-0.05, 0) is 56.1 Å². The Balaban J connectivity index is 1.54. The van der Waals surface area contributed by atoms with Crippen LogP contribution in [0.4, 0.5) is 0 Å². The van der Waals surface area contributed by atoms with Crippen LogP contribution in [0.1, 0.15) is 28.9 Å². The number of piperidine rings is 3. The van der Waals surface area contributed by atoms with E-state index in [0.717, 1.165) is 12.1 Å². The van der Waals surface area contributed by atoms with Gasteiger partial charge in [-0.3, -0.25) is 4.79 Å². The van der Waals surface area contributed by atoms with Crippen LogP contribution in [0.3, 0.4) is 0 Å². The second-order valence-electron chi connectivity index (χ2n) is 6.26. The fraction of sp³-hybridized carbons (Fsp3) is 0.412. The molecule has 5 rings (SSSR count). The van der Waals surface area contributed by atoms with Gasteiger partial charge in [-0.2, -0.15) is 5.26 Å². The van der Waals surface area contributed by atoms with Crippen molar-refractivity contribution in [3.05, 3.63) is 41.7 Å². The lowest BCUT2D eigenvalue weighted by Gasteiger charge is -2.44. The third-order valence-corrected chi connectivity index (χ3v) is 5.01. The zero-order chi connectivity index (χ0) is 15.1. The molecule has 3 saturated heterocycles. The molecule has 1 amide bonds. The molecule has 1 atom stereocenters. The second-order valence-corrected chi connectivity index (χ2v) is 6.26. The van der Waals surface area contributed by atoms with Crippen LogP contribution in [0.2, 0.25) is 0 Å². The minimum atomic E-state index is -0.0130. The highest BCUT2D eigenvalue weighted by Crippen LogP contribution is 2.27. The number of hydrogen-bond acceptors (Lipinski definition) is 3. The van der Waals surface area contributed by atoms with E-state index in [2.05, 4.69) is 16.3 Å². The summed E-state index contributed by atoms with van der Waals surface area (Å²) in [6.07, 6.45) is 4.17. The maximum Gasteiger partial charge on any atom is 0.251 e. The number of nitrogens with one attached hydrogen (secondary N) is 1. The molecule has 112 valence electrons. The summed E-state index contributed by atoms with van der Waals surface area (Å²) in [5.41, 5.74) is 2.11. The van der Waals surface area contributed by atoms with Crippen molar-refractivity contribution < 1.29 is 4.79 Å². The number of nitriles is 1. The van der Waals surface area contributed by atoms with Crippen LogP contribution in [-0.4, -0.2) is 40.9 Å². The molecule has 1 N–H and O–H groups in total. The lowest BCUT2D eigenvalue weighted by atomic mass is 9.84. The topological polar surface area (TPSA) is 60.5 Å². The van der Waals surface area contributed by atoms with Gasteiger partial charge >= 0.3 is 0 Å². The van der Waals surface area contributed by atoms with Crippen LogP contribution in [0.5, 0.6) is 0 Å². The van der Waals surface area contributed by atoms with E-state index in [4.69, 9.17) is 5.26 Å². The van der Waals surface area contributed by atoms with E-state index < -0.39 is 0 Å². The first kappa shape index (κ1) is 13.4. The quantitative estimate of drug-likeness (QED) is 0.916. The predicted molar refractivity (Wildman–Crippen MR) is 82.5 cm³/mol. The minimum absolute atomic E-state index is 0.0130. The summed E-state index contributed by atoms with van der Waals surface area (Å²) < 4.78 is 1.80. The lowest BCUT2D eigenvalue weighted by Crippen LogP contribution is -2.57. The Hall–Kier alpha value is -2.32. The fourth-order valence-electron chi connectivity index (χ4n) is 3.72. The van der Waals surface area contributed by atoms with Crippen molar-refractivity contribution in [2.75, 3.05) is 19.6 Å². The van der Waals surface area contributed by atoms with Crippen molar-refractivity contribution in [1.29, 1.82) is 5.26 Å². The molecule has 0 saturated carbocycles. The van der Waals surface area contributed by atoms with Crippen molar-refractivity contribution in [3.8, 4) is 6.07 Å². The highest BCUT2D eigenvalue weighted by molar-refractivity contribution is 5.95. The molecule has 2 aromatic heterocycles. The molecule has 3 aliphatic rings. The van der Waals surface area contributed by atoms with Gasteiger partial charge in [-0.15, -0.1) is 0 Å². The minimum Gasteiger partial charge on any atom is -0.348 e. The van der Waals surface area contributed by atoms with E-state index >= 15 is 0 Å². The molecule has 0 spiro atoms. The van der Waals surface area contributed by atoms with Gasteiger partial charge in [0.1, 0.15) is 11.8 Å². The summed E-state index contributed by atoms with van der Waals surface area (Å²) in [5, 5.41) is 12.2. The maximum absolute atomic E-state index is 12.5. The third kappa shape index (κ3) is 2.16. The largest absolute Gasteiger partial charge is 0.348 e. The van der Waals surface area contributed by atoms with Crippen LogP contribution in [0, 0.1) is 17.2 Å². The van der Waals surface area contributed by atoms with Crippen LogP contribution >= 0.6 is 0 Å². The number of nitrogens with zero attached hydrogens (tertiary/aromatic N) is 3. The average Bonchev–Trinajstić information content (AvgIpc) is 2.98. The Labute approximate surface area is 129 Å². The lowest BCUT2D eigenvalue weighted by molar-refractivity contribution is 0.0620. The van der Waals surface area contributed by atoms with E-state index in [0.29, 0.717) is 17.2 Å². The second kappa shape index (κ2) is 5.15. The van der Waals surface area contributed by atoms with Crippen molar-refractivity contribution in [1.82, 2.24) is 14.6 Å². The first-order valence-corrected chi connectivity index (χ1v) is 7.79. The van der Waals surface area contributed by atoms with E-state index in [-0.39, 0.29) is 11.9 Å². The van der Waals surface area contributed by atoms with Crippen molar-refractivity contribution in [2.24, 2.45) is 5.92 Å². The first-order chi connectivity index (χ1) is 10.7. The SMILES string of the molecule is N#Cc1ccc2cc(C(=O)N[C@H]3CN4CCC3CC4)ccn12. The summed E-state index contributed by atoms with van der Waals surface area (Å²) >= 11 is 0. The Morgan fingerprint density at radius 2 is 2.09 bits per heavy atom. The summed E-state index contributed by atoms with van der Waals surface area (Å²) in [6, 6.07) is 9.67. The van der Waals surface area contributed by atoms with Gasteiger partial charge in [-0.1, -0.05) is 0 Å². The molecular weight excluding hydrogens is 276 g/mol. The molecule has 2 aromatic rings. The normalized spacial score (nSPS) is 26.8. The standard InChI is InChI=1S/C17H18N4O/c18-10-15-2-1-14-9-13(5-8-21(14)15)17(22)19-16-11-20-6-3-12(16)4-7-20/h1-2,5,8-9,12,16H,3-4,6-7,11H2,(H,19,22)/t16-/m0/s1. The van der Waals surface area contributed by atoms with E-state index in [1.165, 1.54) is 25.9 Å². The summed E-state index contributed by atoms with van der Waals surface area (Å²) in [7, 11) is 0. The van der Waals surface area contributed by atoms with Crippen LogP contribution in [0.25, 0.3) is 5.52 Å². The summed E-state index contributed by atoms with van der Waals surface area (Å²) in [5.74, 6) is 0.608. The molecular formula is C17H18N4O. The van der Waals surface area contributed by atoms with Gasteiger partial charge in [0.05, 0.1) is 0 Å². The molecule has 5 heterocycles. The number of aromatic nitrogens is 1. The Kier molecular flexibility index (Phi) is 3.12. The molecule has 22 heavy (non-hydrogen) atoms. The van der Waals surface area contributed by atoms with Gasteiger partial charge in [0, 0.05) is 29.9 Å². The van der Waals surface area contributed by atoms with Crippen molar-refractivity contribution in [3.63, 3.8) is 0 Å². The predicted octanol–water partition coefficient (Wildman–Crippen LogP) is 1.63. The van der Waals surface area contributed by atoms with Crippen LogP contribution < -0.4 is 5.32 Å². The van der Waals surface area contributed by atoms with Gasteiger partial charge in [-0.25, -0.2) is 0 Å². The summed E-state index contributed by atoms with van der Waals surface area (Å²) in [6.45, 7) is 3.32.